The van der Waals surface area contributed by atoms with Gasteiger partial charge in [0.05, 0.1) is 6.07 Å². The smallest absolute Gasteiger partial charge is 0.134 e. The topological polar surface area (TPSA) is 66.4 Å². The lowest BCUT2D eigenvalue weighted by molar-refractivity contribution is 0.00307. The molecule has 21 heavy (non-hydrogen) atoms. The van der Waals surface area contributed by atoms with E-state index in [1.165, 1.54) is 0 Å². The minimum absolute atomic E-state index is 0.157. The van der Waals surface area contributed by atoms with Crippen LogP contribution in [0.15, 0.2) is 40.8 Å². The summed E-state index contributed by atoms with van der Waals surface area (Å²) in [6, 6.07) is 13.4. The number of para-hydroxylation sites is 1. The van der Waals surface area contributed by atoms with E-state index in [0.717, 1.165) is 23.5 Å². The van der Waals surface area contributed by atoms with E-state index in [9.17, 15) is 10.4 Å². The molecule has 2 aromatic rings. The molecule has 0 saturated carbocycles. The molecule has 4 heteroatoms. The van der Waals surface area contributed by atoms with Crippen LogP contribution in [0.4, 0.5) is 0 Å². The molecule has 1 aliphatic heterocycles. The van der Waals surface area contributed by atoms with Crippen molar-refractivity contribution < 1.29 is 14.3 Å². The van der Waals surface area contributed by atoms with Crippen LogP contribution in [0.5, 0.6) is 5.75 Å². The predicted molar refractivity (Wildman–Crippen MR) is 76.7 cm³/mol. The molecule has 1 N–H and O–H groups in total. The van der Waals surface area contributed by atoms with Gasteiger partial charge in [0.15, 0.2) is 0 Å². The Morgan fingerprint density at radius 1 is 1.33 bits per heavy atom. The Balaban J connectivity index is 1.93. The lowest BCUT2D eigenvalue weighted by Crippen LogP contribution is -2.39. The summed E-state index contributed by atoms with van der Waals surface area (Å²) in [5.74, 6) is 2.01. The number of aliphatic hydroxyl groups excluding tert-OH is 1. The van der Waals surface area contributed by atoms with Gasteiger partial charge in [-0.1, -0.05) is 25.1 Å². The summed E-state index contributed by atoms with van der Waals surface area (Å²) in [7, 11) is 0. The Kier molecular flexibility index (Phi) is 3.44. The van der Waals surface area contributed by atoms with Crippen molar-refractivity contribution in [3.63, 3.8) is 0 Å². The zero-order valence-corrected chi connectivity index (χ0v) is 11.9. The molecule has 0 aliphatic carbocycles. The molecular weight excluding hydrogens is 266 g/mol. The fourth-order valence-corrected chi connectivity index (χ4v) is 2.70. The number of fused-ring (bicyclic) bond motifs is 1. The molecule has 2 atom stereocenters. The maximum Gasteiger partial charge on any atom is 0.134 e. The highest BCUT2D eigenvalue weighted by Gasteiger charge is 2.45. The van der Waals surface area contributed by atoms with Crippen LogP contribution in [0, 0.1) is 16.7 Å². The lowest BCUT2D eigenvalue weighted by Gasteiger charge is -2.35. The second kappa shape index (κ2) is 5.27. The van der Waals surface area contributed by atoms with Gasteiger partial charge in [0.1, 0.15) is 35.4 Å². The molecule has 1 aliphatic rings. The van der Waals surface area contributed by atoms with Crippen LogP contribution in [0.1, 0.15) is 30.1 Å². The molecule has 2 unspecified atom stereocenters. The summed E-state index contributed by atoms with van der Waals surface area (Å²) in [4.78, 5) is 0. The number of ether oxygens (including phenoxy) is 1. The van der Waals surface area contributed by atoms with Crippen LogP contribution in [0.2, 0.25) is 0 Å². The van der Waals surface area contributed by atoms with Crippen molar-refractivity contribution in [2.75, 3.05) is 6.61 Å². The van der Waals surface area contributed by atoms with Crippen molar-refractivity contribution in [1.82, 2.24) is 0 Å². The minimum Gasteiger partial charge on any atom is -0.492 e. The third-order valence-corrected chi connectivity index (χ3v) is 4.01. The van der Waals surface area contributed by atoms with Gasteiger partial charge in [-0.05, 0) is 23.8 Å². The fourth-order valence-electron chi connectivity index (χ4n) is 2.70. The third-order valence-electron chi connectivity index (χ3n) is 4.01. The van der Waals surface area contributed by atoms with Crippen molar-refractivity contribution in [2.24, 2.45) is 5.41 Å². The van der Waals surface area contributed by atoms with E-state index in [4.69, 9.17) is 9.15 Å². The first kappa shape index (κ1) is 13.7. The summed E-state index contributed by atoms with van der Waals surface area (Å²) in [6.07, 6.45) is 0.199. The summed E-state index contributed by atoms with van der Waals surface area (Å²) in [6.45, 7) is 2.14. The monoisotopic (exact) mass is 283 g/mol. The van der Waals surface area contributed by atoms with Crippen molar-refractivity contribution in [3.8, 4) is 11.8 Å². The third kappa shape index (κ3) is 2.30. The van der Waals surface area contributed by atoms with E-state index in [0.29, 0.717) is 12.2 Å². The predicted octanol–water partition coefficient (Wildman–Crippen LogP) is 3.02. The Labute approximate surface area is 123 Å². The van der Waals surface area contributed by atoms with Crippen LogP contribution >= 0.6 is 0 Å². The van der Waals surface area contributed by atoms with E-state index in [1.54, 1.807) is 6.07 Å². The van der Waals surface area contributed by atoms with E-state index in [1.807, 2.05) is 37.3 Å². The Hall–Kier alpha value is -2.25. The molecule has 0 spiro atoms. The summed E-state index contributed by atoms with van der Waals surface area (Å²) < 4.78 is 11.3. The number of nitrogens with zero attached hydrogens (tertiary/aromatic N) is 1. The Morgan fingerprint density at radius 2 is 2.14 bits per heavy atom. The molecule has 4 nitrogen and oxygen atoms in total. The zero-order chi connectivity index (χ0) is 14.9. The van der Waals surface area contributed by atoms with E-state index in [-0.39, 0.29) is 6.61 Å². The van der Waals surface area contributed by atoms with Crippen LogP contribution in [0.25, 0.3) is 0 Å². The first-order valence-corrected chi connectivity index (χ1v) is 7.07. The lowest BCUT2D eigenvalue weighted by atomic mass is 9.76. The molecule has 3 rings (SSSR count). The Bertz CT molecular complexity index is 685. The van der Waals surface area contributed by atoms with Gasteiger partial charge in [-0.15, -0.1) is 0 Å². The number of furan rings is 1. The van der Waals surface area contributed by atoms with Gasteiger partial charge in [-0.3, -0.25) is 0 Å². The molecule has 0 fully saturated rings. The van der Waals surface area contributed by atoms with Crippen molar-refractivity contribution in [1.29, 1.82) is 5.26 Å². The highest BCUT2D eigenvalue weighted by Crippen LogP contribution is 2.43. The minimum atomic E-state index is -1.02. The van der Waals surface area contributed by atoms with E-state index < -0.39 is 11.5 Å². The number of aryl methyl sites for hydroxylation is 1. The highest BCUT2D eigenvalue weighted by molar-refractivity contribution is 5.38. The fraction of sp³-hybridized carbons (Fsp3) is 0.353. The number of rotatable bonds is 3. The van der Waals surface area contributed by atoms with Crippen LogP contribution in [-0.4, -0.2) is 11.7 Å². The average molecular weight is 283 g/mol. The van der Waals surface area contributed by atoms with Gasteiger partial charge in [0.2, 0.25) is 0 Å². The molecule has 0 saturated heterocycles. The number of nitriles is 1. The molecule has 108 valence electrons. The first-order valence-electron chi connectivity index (χ1n) is 7.07. The van der Waals surface area contributed by atoms with Crippen molar-refractivity contribution >= 4 is 0 Å². The quantitative estimate of drug-likeness (QED) is 0.940. The molecule has 1 aromatic heterocycles. The SMILES string of the molecule is CCc1ccc(C(O)C2(C#N)COc3ccccc3C2)o1. The van der Waals surface area contributed by atoms with Crippen molar-refractivity contribution in [3.05, 3.63) is 53.5 Å². The molecule has 2 heterocycles. The van der Waals surface area contributed by atoms with Crippen LogP contribution < -0.4 is 4.74 Å². The standard InChI is InChI=1S/C17H17NO3/c1-2-13-7-8-15(21-13)16(19)17(10-18)9-12-5-3-4-6-14(12)20-11-17/h3-8,16,19H,2,9,11H2,1H3. The van der Waals surface area contributed by atoms with Crippen molar-refractivity contribution in [2.45, 2.75) is 25.9 Å². The van der Waals surface area contributed by atoms with Gasteiger partial charge in [0.25, 0.3) is 0 Å². The zero-order valence-electron chi connectivity index (χ0n) is 11.9. The number of aliphatic hydroxyl groups is 1. The normalized spacial score (nSPS) is 22.0. The second-order valence-electron chi connectivity index (χ2n) is 5.40. The molecular formula is C17H17NO3. The number of hydrogen-bond acceptors (Lipinski definition) is 4. The molecule has 0 radical (unpaired) electrons. The maximum atomic E-state index is 10.6. The van der Waals surface area contributed by atoms with Gasteiger partial charge in [0, 0.05) is 12.8 Å². The first-order chi connectivity index (χ1) is 10.2. The molecule has 0 bridgehead atoms. The molecule has 1 aromatic carbocycles. The van der Waals surface area contributed by atoms with Crippen LogP contribution in [0.3, 0.4) is 0 Å². The number of benzene rings is 1. The molecule has 0 amide bonds. The number of hydrogen-bond donors (Lipinski definition) is 1. The van der Waals surface area contributed by atoms with Gasteiger partial charge in [-0.2, -0.15) is 5.26 Å². The van der Waals surface area contributed by atoms with Crippen LogP contribution in [-0.2, 0) is 12.8 Å². The summed E-state index contributed by atoms with van der Waals surface area (Å²) in [5.41, 5.74) is -0.0800. The van der Waals surface area contributed by atoms with Gasteiger partial charge < -0.3 is 14.3 Å². The summed E-state index contributed by atoms with van der Waals surface area (Å²) >= 11 is 0. The van der Waals surface area contributed by atoms with E-state index >= 15 is 0 Å². The van der Waals surface area contributed by atoms with Gasteiger partial charge >= 0.3 is 0 Å². The second-order valence-corrected chi connectivity index (χ2v) is 5.40. The largest absolute Gasteiger partial charge is 0.492 e. The Morgan fingerprint density at radius 3 is 2.86 bits per heavy atom. The summed E-state index contributed by atoms with van der Waals surface area (Å²) in [5, 5.41) is 20.3. The highest BCUT2D eigenvalue weighted by atomic mass is 16.5. The van der Waals surface area contributed by atoms with E-state index in [2.05, 4.69) is 6.07 Å². The van der Waals surface area contributed by atoms with Gasteiger partial charge in [-0.25, -0.2) is 0 Å². The maximum absolute atomic E-state index is 10.6. The average Bonchev–Trinajstić information content (AvgIpc) is 3.02.